The summed E-state index contributed by atoms with van der Waals surface area (Å²) in [6, 6.07) is -0.970. The first-order valence-corrected chi connectivity index (χ1v) is 7.01. The highest BCUT2D eigenvalue weighted by atomic mass is 32.2. The first kappa shape index (κ1) is 15.8. The summed E-state index contributed by atoms with van der Waals surface area (Å²) in [7, 11) is 0. The number of hydrogen-bond acceptors (Lipinski definition) is 5. The maximum absolute atomic E-state index is 12.1. The minimum atomic E-state index is -1.11. The summed E-state index contributed by atoms with van der Waals surface area (Å²) in [5.41, 5.74) is 0. The molecule has 0 saturated carbocycles. The van der Waals surface area contributed by atoms with Gasteiger partial charge in [0.15, 0.2) is 0 Å². The van der Waals surface area contributed by atoms with Gasteiger partial charge in [-0.2, -0.15) is 0 Å². The molecule has 2 amide bonds. The van der Waals surface area contributed by atoms with E-state index in [0.29, 0.717) is 32.7 Å². The number of carboxylic acid groups (broad SMARTS) is 1. The molecule has 0 aromatic carbocycles. The molecular weight excluding hydrogens is 272 g/mol. The van der Waals surface area contributed by atoms with Crippen molar-refractivity contribution in [3.05, 3.63) is 0 Å². The van der Waals surface area contributed by atoms with Crippen LogP contribution in [0, 0.1) is 0 Å². The van der Waals surface area contributed by atoms with Gasteiger partial charge >= 0.3 is 5.97 Å². The van der Waals surface area contributed by atoms with Gasteiger partial charge in [-0.3, -0.25) is 9.59 Å². The third kappa shape index (κ3) is 5.07. The number of ether oxygens (including phenoxy) is 1. The molecule has 0 spiro atoms. The van der Waals surface area contributed by atoms with Gasteiger partial charge < -0.3 is 20.1 Å². The molecule has 7 nitrogen and oxygen atoms in total. The zero-order chi connectivity index (χ0) is 14.3. The second-order valence-electron chi connectivity index (χ2n) is 4.09. The van der Waals surface area contributed by atoms with Crippen molar-refractivity contribution in [1.29, 1.82) is 0 Å². The van der Waals surface area contributed by atoms with Crippen LogP contribution >= 0.6 is 11.8 Å². The fourth-order valence-corrected chi connectivity index (χ4v) is 2.64. The van der Waals surface area contributed by atoms with E-state index in [9.17, 15) is 14.4 Å². The fourth-order valence-electron chi connectivity index (χ4n) is 1.63. The summed E-state index contributed by atoms with van der Waals surface area (Å²) >= 11 is 1.22. The van der Waals surface area contributed by atoms with Crippen LogP contribution in [0.15, 0.2) is 0 Å². The Morgan fingerprint density at radius 1 is 1.47 bits per heavy atom. The number of thioether (sulfide) groups is 1. The number of nitrogens with zero attached hydrogens (tertiary/aromatic N) is 1. The predicted octanol–water partition coefficient (Wildman–Crippen LogP) is -0.834. The normalized spacial score (nSPS) is 18.5. The van der Waals surface area contributed by atoms with Gasteiger partial charge in [-0.1, -0.05) is 0 Å². The Kier molecular flexibility index (Phi) is 6.65. The fraction of sp³-hybridized carbons (Fsp3) is 0.727. The number of carboxylic acids is 1. The van der Waals surface area contributed by atoms with Crippen molar-refractivity contribution in [2.75, 3.05) is 32.1 Å². The number of carbonyl (C=O) groups excluding carboxylic acids is 2. The topological polar surface area (TPSA) is 95.9 Å². The Hall–Kier alpha value is -1.28. The Morgan fingerprint density at radius 3 is 2.63 bits per heavy atom. The van der Waals surface area contributed by atoms with E-state index < -0.39 is 12.0 Å². The molecule has 0 aliphatic carbocycles. The number of rotatable bonds is 7. The van der Waals surface area contributed by atoms with E-state index in [1.165, 1.54) is 11.8 Å². The Balaban J connectivity index is 2.40. The summed E-state index contributed by atoms with van der Waals surface area (Å²) < 4.78 is 5.16. The lowest BCUT2D eigenvalue weighted by atomic mass is 10.3. The van der Waals surface area contributed by atoms with Gasteiger partial charge in [-0.15, -0.1) is 11.8 Å². The average molecular weight is 290 g/mol. The van der Waals surface area contributed by atoms with Crippen LogP contribution in [0.1, 0.15) is 6.92 Å². The minimum Gasteiger partial charge on any atom is -0.480 e. The second kappa shape index (κ2) is 8.00. The summed E-state index contributed by atoms with van der Waals surface area (Å²) in [6.45, 7) is 3.95. The summed E-state index contributed by atoms with van der Waals surface area (Å²) in [5, 5.41) is 10.7. The van der Waals surface area contributed by atoms with Gasteiger partial charge in [0.2, 0.25) is 12.3 Å². The predicted molar refractivity (Wildman–Crippen MR) is 69.9 cm³/mol. The largest absolute Gasteiger partial charge is 0.480 e. The molecule has 1 saturated heterocycles. The van der Waals surface area contributed by atoms with Crippen LogP contribution in [-0.4, -0.2) is 71.6 Å². The standard InChI is InChI=1S/C11H18N2O5S/c1-8(10(15)13-2-4-18-5-3-13)19-6-9(11(16)17)12-7-14/h7-9H,2-6H2,1H3,(H,12,14)(H,16,17). The number of nitrogens with one attached hydrogen (secondary N) is 1. The molecule has 19 heavy (non-hydrogen) atoms. The van der Waals surface area contributed by atoms with Gasteiger partial charge in [-0.05, 0) is 6.92 Å². The monoisotopic (exact) mass is 290 g/mol. The molecule has 8 heteroatoms. The van der Waals surface area contributed by atoms with Crippen molar-refractivity contribution in [2.45, 2.75) is 18.2 Å². The highest BCUT2D eigenvalue weighted by molar-refractivity contribution is 8.00. The van der Waals surface area contributed by atoms with Crippen LogP contribution in [0.3, 0.4) is 0 Å². The highest BCUT2D eigenvalue weighted by Gasteiger charge is 2.25. The molecule has 1 aliphatic rings. The first-order valence-electron chi connectivity index (χ1n) is 5.97. The van der Waals surface area contributed by atoms with Crippen molar-refractivity contribution in [1.82, 2.24) is 10.2 Å². The van der Waals surface area contributed by atoms with Crippen LogP contribution < -0.4 is 5.32 Å². The van der Waals surface area contributed by atoms with E-state index >= 15 is 0 Å². The SMILES string of the molecule is CC(SCC(NC=O)C(=O)O)C(=O)N1CCOCC1. The molecule has 2 N–H and O–H groups in total. The zero-order valence-electron chi connectivity index (χ0n) is 10.7. The van der Waals surface area contributed by atoms with Crippen molar-refractivity contribution >= 4 is 30.0 Å². The lowest BCUT2D eigenvalue weighted by Gasteiger charge is -2.29. The van der Waals surface area contributed by atoms with Crippen LogP contribution in [0.2, 0.25) is 0 Å². The lowest BCUT2D eigenvalue weighted by molar-refractivity contribution is -0.140. The molecule has 0 bridgehead atoms. The second-order valence-corrected chi connectivity index (χ2v) is 5.46. The van der Waals surface area contributed by atoms with E-state index in [1.807, 2.05) is 0 Å². The molecule has 1 aliphatic heterocycles. The molecule has 108 valence electrons. The van der Waals surface area contributed by atoms with Crippen LogP contribution in [0.25, 0.3) is 0 Å². The quantitative estimate of drug-likeness (QED) is 0.594. The van der Waals surface area contributed by atoms with Crippen molar-refractivity contribution in [2.24, 2.45) is 0 Å². The number of morpholine rings is 1. The molecule has 2 unspecified atom stereocenters. The maximum atomic E-state index is 12.1. The van der Waals surface area contributed by atoms with E-state index in [0.717, 1.165) is 0 Å². The molecule has 0 radical (unpaired) electrons. The van der Waals surface area contributed by atoms with Gasteiger partial charge in [-0.25, -0.2) is 4.79 Å². The van der Waals surface area contributed by atoms with Crippen molar-refractivity contribution < 1.29 is 24.2 Å². The average Bonchev–Trinajstić information content (AvgIpc) is 2.42. The molecule has 1 fully saturated rings. The summed E-state index contributed by atoms with van der Waals surface area (Å²) in [6.07, 6.45) is 0.355. The number of aliphatic carboxylic acids is 1. The third-order valence-electron chi connectivity index (χ3n) is 2.75. The van der Waals surface area contributed by atoms with Gasteiger partial charge in [0.05, 0.1) is 18.5 Å². The summed E-state index contributed by atoms with van der Waals surface area (Å²) in [4.78, 5) is 34.9. The van der Waals surface area contributed by atoms with Gasteiger partial charge in [0, 0.05) is 18.8 Å². The number of amides is 2. The minimum absolute atomic E-state index is 0.0245. The van der Waals surface area contributed by atoms with Crippen molar-refractivity contribution in [3.63, 3.8) is 0 Å². The highest BCUT2D eigenvalue weighted by Crippen LogP contribution is 2.15. The van der Waals surface area contributed by atoms with Crippen molar-refractivity contribution in [3.8, 4) is 0 Å². The van der Waals surface area contributed by atoms with E-state index in [-0.39, 0.29) is 16.9 Å². The van der Waals surface area contributed by atoms with Crippen LogP contribution in [0.5, 0.6) is 0 Å². The van der Waals surface area contributed by atoms with Gasteiger partial charge in [0.1, 0.15) is 6.04 Å². The first-order chi connectivity index (χ1) is 9.06. The molecular formula is C11H18N2O5S. The van der Waals surface area contributed by atoms with E-state index in [4.69, 9.17) is 9.84 Å². The molecule has 0 aromatic heterocycles. The molecule has 0 aromatic rings. The Morgan fingerprint density at radius 2 is 2.11 bits per heavy atom. The molecule has 1 rings (SSSR count). The van der Waals surface area contributed by atoms with E-state index in [1.54, 1.807) is 11.8 Å². The Labute approximate surface area is 115 Å². The number of carbonyl (C=O) groups is 3. The number of hydrogen-bond donors (Lipinski definition) is 2. The lowest BCUT2D eigenvalue weighted by Crippen LogP contribution is -2.45. The van der Waals surface area contributed by atoms with Crippen LogP contribution in [-0.2, 0) is 19.1 Å². The Bertz CT molecular complexity index is 333. The molecule has 1 heterocycles. The zero-order valence-corrected chi connectivity index (χ0v) is 11.5. The smallest absolute Gasteiger partial charge is 0.327 e. The maximum Gasteiger partial charge on any atom is 0.327 e. The molecule has 2 atom stereocenters. The summed E-state index contributed by atoms with van der Waals surface area (Å²) in [5.74, 6) is -0.972. The third-order valence-corrected chi connectivity index (χ3v) is 3.98. The van der Waals surface area contributed by atoms with E-state index in [2.05, 4.69) is 5.32 Å². The van der Waals surface area contributed by atoms with Crippen LogP contribution in [0.4, 0.5) is 0 Å². The van der Waals surface area contributed by atoms with Gasteiger partial charge in [0.25, 0.3) is 0 Å².